The predicted molar refractivity (Wildman–Crippen MR) is 113 cm³/mol. The molecule has 2 N–H and O–H groups in total. The smallest absolute Gasteiger partial charge is 0.356 e. The van der Waals surface area contributed by atoms with Crippen molar-refractivity contribution in [1.82, 2.24) is 9.97 Å². The van der Waals surface area contributed by atoms with Gasteiger partial charge >= 0.3 is 12.0 Å². The van der Waals surface area contributed by atoms with E-state index in [4.69, 9.17) is 16.3 Å². The number of aromatic nitrogens is 2. The predicted octanol–water partition coefficient (Wildman–Crippen LogP) is 5.02. The third-order valence-corrected chi connectivity index (χ3v) is 4.82. The Bertz CT molecular complexity index is 1060. The molecule has 2 aromatic carbocycles. The highest BCUT2D eigenvalue weighted by atomic mass is 35.5. The molecule has 0 saturated carbocycles. The van der Waals surface area contributed by atoms with Gasteiger partial charge in [0.25, 0.3) is 0 Å². The normalized spacial score (nSPS) is 10.3. The molecule has 0 aliphatic heterocycles. The van der Waals surface area contributed by atoms with Crippen molar-refractivity contribution in [3.05, 3.63) is 71.0 Å². The van der Waals surface area contributed by atoms with E-state index in [0.717, 1.165) is 4.90 Å². The zero-order valence-electron chi connectivity index (χ0n) is 15.6. The van der Waals surface area contributed by atoms with E-state index in [1.165, 1.54) is 18.9 Å². The zero-order valence-corrected chi connectivity index (χ0v) is 17.2. The van der Waals surface area contributed by atoms with E-state index < -0.39 is 12.0 Å². The second kappa shape index (κ2) is 9.40. The molecule has 7 nitrogen and oxygen atoms in total. The number of hydrogen-bond acceptors (Lipinski definition) is 6. The van der Waals surface area contributed by atoms with E-state index in [1.807, 2.05) is 12.1 Å². The first-order chi connectivity index (χ1) is 13.9. The highest BCUT2D eigenvalue weighted by Crippen LogP contribution is 2.32. The lowest BCUT2D eigenvalue weighted by Crippen LogP contribution is -2.19. The number of carbonyl (C=O) groups excluding carboxylic acids is 2. The number of urea groups is 1. The van der Waals surface area contributed by atoms with Crippen molar-refractivity contribution in [1.29, 1.82) is 0 Å². The Hall–Kier alpha value is -3.10. The summed E-state index contributed by atoms with van der Waals surface area (Å²) in [5.41, 5.74) is 1.95. The van der Waals surface area contributed by atoms with Crippen molar-refractivity contribution in [3.8, 4) is 0 Å². The molecule has 0 radical (unpaired) electrons. The van der Waals surface area contributed by atoms with Crippen molar-refractivity contribution in [2.24, 2.45) is 0 Å². The first-order valence-corrected chi connectivity index (χ1v) is 9.68. The highest BCUT2D eigenvalue weighted by Gasteiger charge is 2.14. The fraction of sp³-hybridized carbons (Fsp3) is 0.100. The summed E-state index contributed by atoms with van der Waals surface area (Å²) in [5, 5.41) is 6.42. The van der Waals surface area contributed by atoms with E-state index in [1.54, 1.807) is 49.4 Å². The lowest BCUT2D eigenvalue weighted by Gasteiger charge is -2.12. The molecular weight excluding hydrogens is 412 g/mol. The summed E-state index contributed by atoms with van der Waals surface area (Å²) >= 11 is 7.17. The number of ether oxygens (including phenoxy) is 1. The van der Waals surface area contributed by atoms with Crippen LogP contribution in [-0.4, -0.2) is 29.1 Å². The molecule has 1 heterocycles. The second-order valence-corrected chi connectivity index (χ2v) is 7.30. The summed E-state index contributed by atoms with van der Waals surface area (Å²) < 4.78 is 4.72. The first-order valence-electron chi connectivity index (χ1n) is 8.49. The van der Waals surface area contributed by atoms with Crippen LogP contribution in [0.1, 0.15) is 16.2 Å². The van der Waals surface area contributed by atoms with Crippen molar-refractivity contribution in [2.75, 3.05) is 17.7 Å². The van der Waals surface area contributed by atoms with Crippen LogP contribution < -0.4 is 10.6 Å². The Morgan fingerprint density at radius 2 is 1.83 bits per heavy atom. The number of nitrogens with zero attached hydrogens (tertiary/aromatic N) is 2. The van der Waals surface area contributed by atoms with Crippen molar-refractivity contribution in [2.45, 2.75) is 17.0 Å². The van der Waals surface area contributed by atoms with Gasteiger partial charge in [-0.15, -0.1) is 0 Å². The van der Waals surface area contributed by atoms with Crippen LogP contribution in [0.5, 0.6) is 0 Å². The molecule has 0 fully saturated rings. The molecule has 0 spiro atoms. The van der Waals surface area contributed by atoms with Gasteiger partial charge in [0.2, 0.25) is 0 Å². The van der Waals surface area contributed by atoms with Crippen LogP contribution in [0, 0.1) is 6.92 Å². The van der Waals surface area contributed by atoms with Crippen LogP contribution in [0.4, 0.5) is 16.2 Å². The largest absolute Gasteiger partial charge is 0.464 e. The molecule has 1 aromatic heterocycles. The van der Waals surface area contributed by atoms with Crippen LogP contribution in [0.25, 0.3) is 0 Å². The van der Waals surface area contributed by atoms with Gasteiger partial charge in [0, 0.05) is 21.3 Å². The van der Waals surface area contributed by atoms with Gasteiger partial charge in [-0.25, -0.2) is 19.6 Å². The minimum Gasteiger partial charge on any atom is -0.464 e. The molecule has 3 aromatic rings. The zero-order chi connectivity index (χ0) is 20.8. The van der Waals surface area contributed by atoms with Gasteiger partial charge in [-0.05, 0) is 55.1 Å². The number of para-hydroxylation sites is 1. The van der Waals surface area contributed by atoms with Gasteiger partial charge in [0.05, 0.1) is 12.8 Å². The van der Waals surface area contributed by atoms with E-state index in [2.05, 4.69) is 20.6 Å². The molecule has 0 atom stereocenters. The summed E-state index contributed by atoms with van der Waals surface area (Å²) in [6, 6.07) is 15.2. The number of nitrogens with one attached hydrogen (secondary N) is 2. The van der Waals surface area contributed by atoms with Gasteiger partial charge in [-0.3, -0.25) is 0 Å². The Morgan fingerprint density at radius 1 is 1.03 bits per heavy atom. The molecule has 148 valence electrons. The van der Waals surface area contributed by atoms with Gasteiger partial charge in [-0.2, -0.15) is 0 Å². The number of rotatable bonds is 5. The number of esters is 1. The summed E-state index contributed by atoms with van der Waals surface area (Å²) in [4.78, 5) is 33.4. The number of amides is 2. The summed E-state index contributed by atoms with van der Waals surface area (Å²) in [6.45, 7) is 1.76. The van der Waals surface area contributed by atoms with Gasteiger partial charge in [0.15, 0.2) is 10.9 Å². The quantitative estimate of drug-likeness (QED) is 0.437. The minimum atomic E-state index is -0.537. The van der Waals surface area contributed by atoms with Gasteiger partial charge in [0.1, 0.15) is 0 Å². The van der Waals surface area contributed by atoms with Crippen LogP contribution in [-0.2, 0) is 4.74 Å². The number of aryl methyl sites for hydroxylation is 1. The molecule has 0 aliphatic rings. The van der Waals surface area contributed by atoms with Gasteiger partial charge in [-0.1, -0.05) is 29.8 Å². The molecule has 3 rings (SSSR count). The fourth-order valence-corrected chi connectivity index (χ4v) is 3.50. The Balaban J connectivity index is 1.78. The third kappa shape index (κ3) is 5.69. The van der Waals surface area contributed by atoms with E-state index in [0.29, 0.717) is 27.2 Å². The maximum Gasteiger partial charge on any atom is 0.356 e. The van der Waals surface area contributed by atoms with E-state index >= 15 is 0 Å². The summed E-state index contributed by atoms with van der Waals surface area (Å²) in [6.07, 6.45) is 0. The number of hydrogen-bond donors (Lipinski definition) is 2. The van der Waals surface area contributed by atoms with Crippen LogP contribution in [0.3, 0.4) is 0 Å². The van der Waals surface area contributed by atoms with Crippen LogP contribution in [0.2, 0.25) is 5.02 Å². The Labute approximate surface area is 176 Å². The Morgan fingerprint density at radius 3 is 2.59 bits per heavy atom. The molecular formula is C20H17ClN4O3S. The fourth-order valence-electron chi connectivity index (χ4n) is 2.40. The van der Waals surface area contributed by atoms with Crippen molar-refractivity contribution < 1.29 is 14.3 Å². The maximum absolute atomic E-state index is 12.4. The summed E-state index contributed by atoms with van der Waals surface area (Å²) in [5.74, 6) is -0.537. The number of anilines is 2. The highest BCUT2D eigenvalue weighted by molar-refractivity contribution is 7.99. The van der Waals surface area contributed by atoms with Crippen molar-refractivity contribution >= 4 is 46.7 Å². The van der Waals surface area contributed by atoms with Crippen LogP contribution in [0.15, 0.2) is 64.6 Å². The van der Waals surface area contributed by atoms with Crippen LogP contribution >= 0.6 is 23.4 Å². The Kier molecular flexibility index (Phi) is 6.69. The van der Waals surface area contributed by atoms with E-state index in [9.17, 15) is 9.59 Å². The van der Waals surface area contributed by atoms with Crippen molar-refractivity contribution in [3.63, 3.8) is 0 Å². The third-order valence-electron chi connectivity index (χ3n) is 3.65. The molecule has 0 bridgehead atoms. The maximum atomic E-state index is 12.4. The SMILES string of the molecule is COC(=O)c1cc(C)nc(Sc2ccccc2NC(=O)Nc2cccc(Cl)c2)n1. The monoisotopic (exact) mass is 428 g/mol. The molecule has 2 amide bonds. The summed E-state index contributed by atoms with van der Waals surface area (Å²) in [7, 11) is 1.30. The number of methoxy groups -OCH3 is 1. The lowest BCUT2D eigenvalue weighted by atomic mass is 10.3. The average molecular weight is 429 g/mol. The second-order valence-electron chi connectivity index (χ2n) is 5.86. The first kappa shape index (κ1) is 20.6. The topological polar surface area (TPSA) is 93.2 Å². The molecule has 0 saturated heterocycles. The minimum absolute atomic E-state index is 0.173. The standard InChI is InChI=1S/C20H17ClN4O3S/c1-12-10-16(18(26)28-2)25-20(22-12)29-17-9-4-3-8-15(17)24-19(27)23-14-7-5-6-13(21)11-14/h3-11H,1-2H3,(H2,23,24,27). The molecule has 29 heavy (non-hydrogen) atoms. The van der Waals surface area contributed by atoms with E-state index in [-0.39, 0.29) is 5.69 Å². The lowest BCUT2D eigenvalue weighted by molar-refractivity contribution is 0.0592. The van der Waals surface area contributed by atoms with Gasteiger partial charge < -0.3 is 15.4 Å². The number of halogens is 1. The number of carbonyl (C=O) groups is 2. The average Bonchev–Trinajstić information content (AvgIpc) is 2.68. The molecule has 9 heteroatoms. The molecule has 0 aliphatic carbocycles. The molecule has 0 unspecified atom stereocenters. The number of benzene rings is 2.